The van der Waals surface area contributed by atoms with Gasteiger partial charge in [-0.3, -0.25) is 0 Å². The van der Waals surface area contributed by atoms with Crippen molar-refractivity contribution in [3.05, 3.63) is 16.3 Å². The van der Waals surface area contributed by atoms with Gasteiger partial charge in [0.2, 0.25) is 10.0 Å². The van der Waals surface area contributed by atoms with Crippen LogP contribution in [-0.2, 0) is 16.6 Å². The molecule has 0 aliphatic carbocycles. The topological polar surface area (TPSA) is 58.2 Å². The average molecular weight is 319 g/mol. The average Bonchev–Trinajstić information content (AvgIpc) is 2.76. The number of hydrogen-bond acceptors (Lipinski definition) is 4. The van der Waals surface area contributed by atoms with Gasteiger partial charge in [-0.1, -0.05) is 27.7 Å². The molecule has 0 saturated carbocycles. The van der Waals surface area contributed by atoms with Crippen molar-refractivity contribution in [3.63, 3.8) is 0 Å². The molecule has 0 radical (unpaired) electrons. The first-order chi connectivity index (χ1) is 9.26. The molecule has 0 atom stereocenters. The van der Waals surface area contributed by atoms with Crippen molar-refractivity contribution in [3.8, 4) is 0 Å². The highest BCUT2D eigenvalue weighted by Gasteiger charge is 2.20. The van der Waals surface area contributed by atoms with E-state index in [1.807, 2.05) is 5.38 Å². The standard InChI is InChI=1S/C14H26N2O2S2/c1-5-8-15-11-12-13(6-10-19-12)20(17,18)16-9-7-14(2,3)4/h6,10,15-16H,5,7-9,11H2,1-4H3. The van der Waals surface area contributed by atoms with Crippen molar-refractivity contribution in [2.75, 3.05) is 13.1 Å². The molecule has 116 valence electrons. The van der Waals surface area contributed by atoms with Crippen LogP contribution in [-0.4, -0.2) is 21.5 Å². The van der Waals surface area contributed by atoms with Crippen molar-refractivity contribution < 1.29 is 8.42 Å². The summed E-state index contributed by atoms with van der Waals surface area (Å²) in [5, 5.41) is 5.08. The monoisotopic (exact) mass is 318 g/mol. The third kappa shape index (κ3) is 5.91. The fraction of sp³-hybridized carbons (Fsp3) is 0.714. The highest BCUT2D eigenvalue weighted by Crippen LogP contribution is 2.22. The summed E-state index contributed by atoms with van der Waals surface area (Å²) in [6.45, 7) is 10.4. The third-order valence-electron chi connectivity index (χ3n) is 2.87. The predicted octanol–water partition coefficient (Wildman–Crippen LogP) is 2.96. The summed E-state index contributed by atoms with van der Waals surface area (Å²) >= 11 is 1.48. The Morgan fingerprint density at radius 1 is 1.25 bits per heavy atom. The summed E-state index contributed by atoms with van der Waals surface area (Å²) in [4.78, 5) is 1.29. The number of rotatable bonds is 8. The van der Waals surface area contributed by atoms with E-state index in [0.717, 1.165) is 24.3 Å². The zero-order valence-corrected chi connectivity index (χ0v) is 14.5. The maximum atomic E-state index is 12.3. The van der Waals surface area contributed by atoms with E-state index in [9.17, 15) is 8.42 Å². The van der Waals surface area contributed by atoms with Gasteiger partial charge in [-0.25, -0.2) is 13.1 Å². The molecule has 0 bridgehead atoms. The van der Waals surface area contributed by atoms with Gasteiger partial charge in [0.15, 0.2) is 0 Å². The molecule has 2 N–H and O–H groups in total. The molecule has 1 aromatic rings. The van der Waals surface area contributed by atoms with Gasteiger partial charge in [-0.2, -0.15) is 0 Å². The molecule has 0 aliphatic heterocycles. The third-order valence-corrected chi connectivity index (χ3v) is 5.47. The Balaban J connectivity index is 2.65. The second-order valence-electron chi connectivity index (χ2n) is 6.09. The molecule has 0 amide bonds. The van der Waals surface area contributed by atoms with E-state index in [1.54, 1.807) is 6.07 Å². The molecule has 1 rings (SSSR count). The van der Waals surface area contributed by atoms with Crippen LogP contribution in [0.2, 0.25) is 0 Å². The van der Waals surface area contributed by atoms with Gasteiger partial charge in [0.1, 0.15) is 0 Å². The van der Waals surface area contributed by atoms with Gasteiger partial charge in [0.25, 0.3) is 0 Å². The highest BCUT2D eigenvalue weighted by molar-refractivity contribution is 7.89. The van der Waals surface area contributed by atoms with Gasteiger partial charge >= 0.3 is 0 Å². The summed E-state index contributed by atoms with van der Waals surface area (Å²) in [6.07, 6.45) is 1.86. The zero-order chi connectivity index (χ0) is 15.2. The minimum Gasteiger partial charge on any atom is -0.312 e. The van der Waals surface area contributed by atoms with E-state index >= 15 is 0 Å². The quantitative estimate of drug-likeness (QED) is 0.725. The Bertz CT molecular complexity index is 501. The van der Waals surface area contributed by atoms with Gasteiger partial charge in [0, 0.05) is 18.0 Å². The lowest BCUT2D eigenvalue weighted by Crippen LogP contribution is -2.28. The van der Waals surface area contributed by atoms with Gasteiger partial charge < -0.3 is 5.32 Å². The van der Waals surface area contributed by atoms with E-state index in [4.69, 9.17) is 0 Å². The summed E-state index contributed by atoms with van der Waals surface area (Å²) in [6, 6.07) is 1.69. The number of nitrogens with one attached hydrogen (secondary N) is 2. The van der Waals surface area contributed by atoms with Crippen LogP contribution in [0.3, 0.4) is 0 Å². The number of sulfonamides is 1. The minimum absolute atomic E-state index is 0.128. The van der Waals surface area contributed by atoms with E-state index < -0.39 is 10.0 Å². The summed E-state index contributed by atoms with van der Waals surface area (Å²) in [7, 11) is -3.39. The highest BCUT2D eigenvalue weighted by atomic mass is 32.2. The van der Waals surface area contributed by atoms with Crippen LogP contribution in [0, 0.1) is 5.41 Å². The van der Waals surface area contributed by atoms with Gasteiger partial charge in [-0.05, 0) is 36.2 Å². The van der Waals surface area contributed by atoms with E-state index in [-0.39, 0.29) is 5.41 Å². The lowest BCUT2D eigenvalue weighted by atomic mass is 9.93. The van der Waals surface area contributed by atoms with Crippen LogP contribution in [0.25, 0.3) is 0 Å². The van der Waals surface area contributed by atoms with Crippen molar-refractivity contribution in [2.45, 2.75) is 52.0 Å². The molecule has 0 aliphatic rings. The molecular formula is C14H26N2O2S2. The Kier molecular flexibility index (Phi) is 6.64. The van der Waals surface area contributed by atoms with Crippen molar-refractivity contribution in [1.29, 1.82) is 0 Å². The van der Waals surface area contributed by atoms with E-state index in [2.05, 4.69) is 37.7 Å². The van der Waals surface area contributed by atoms with Crippen molar-refractivity contribution in [2.24, 2.45) is 5.41 Å². The van der Waals surface area contributed by atoms with Gasteiger partial charge in [0.05, 0.1) is 4.90 Å². The van der Waals surface area contributed by atoms with Crippen LogP contribution in [0.15, 0.2) is 16.3 Å². The summed E-state index contributed by atoms with van der Waals surface area (Å²) in [5.74, 6) is 0. The molecule has 0 saturated heterocycles. The number of thiophene rings is 1. The first-order valence-corrected chi connectivity index (χ1v) is 9.39. The van der Waals surface area contributed by atoms with Gasteiger partial charge in [-0.15, -0.1) is 11.3 Å². The smallest absolute Gasteiger partial charge is 0.241 e. The number of hydrogen-bond donors (Lipinski definition) is 2. The Hall–Kier alpha value is -0.430. The summed E-state index contributed by atoms with van der Waals surface area (Å²) < 4.78 is 27.3. The van der Waals surface area contributed by atoms with Crippen LogP contribution in [0.5, 0.6) is 0 Å². The first kappa shape index (κ1) is 17.6. The maximum Gasteiger partial charge on any atom is 0.241 e. The molecule has 1 heterocycles. The first-order valence-electron chi connectivity index (χ1n) is 7.03. The van der Waals surface area contributed by atoms with Crippen molar-refractivity contribution >= 4 is 21.4 Å². The lowest BCUT2D eigenvalue weighted by molar-refractivity contribution is 0.378. The summed E-state index contributed by atoms with van der Waals surface area (Å²) in [5.41, 5.74) is 0.128. The largest absolute Gasteiger partial charge is 0.312 e. The van der Waals surface area contributed by atoms with Crippen LogP contribution in [0.1, 0.15) is 45.4 Å². The minimum atomic E-state index is -3.39. The molecule has 0 aromatic carbocycles. The Labute approximate surface area is 127 Å². The second-order valence-corrected chi connectivity index (χ2v) is 8.83. The van der Waals surface area contributed by atoms with E-state index in [1.165, 1.54) is 11.3 Å². The van der Waals surface area contributed by atoms with Crippen LogP contribution in [0.4, 0.5) is 0 Å². The molecule has 1 aromatic heterocycles. The molecule has 0 spiro atoms. The van der Waals surface area contributed by atoms with E-state index in [0.29, 0.717) is 18.0 Å². The van der Waals surface area contributed by atoms with Crippen molar-refractivity contribution in [1.82, 2.24) is 10.0 Å². The molecule has 0 unspecified atom stereocenters. The Morgan fingerprint density at radius 2 is 1.95 bits per heavy atom. The molecule has 4 nitrogen and oxygen atoms in total. The SMILES string of the molecule is CCCNCc1sccc1S(=O)(=O)NCCC(C)(C)C. The fourth-order valence-corrected chi connectivity index (χ4v) is 4.16. The molecule has 20 heavy (non-hydrogen) atoms. The molecule has 6 heteroatoms. The lowest BCUT2D eigenvalue weighted by Gasteiger charge is -2.18. The predicted molar refractivity (Wildman–Crippen MR) is 85.6 cm³/mol. The zero-order valence-electron chi connectivity index (χ0n) is 12.8. The normalized spacial score (nSPS) is 12.8. The fourth-order valence-electron chi connectivity index (χ4n) is 1.71. The van der Waals surface area contributed by atoms with Crippen LogP contribution < -0.4 is 10.0 Å². The Morgan fingerprint density at radius 3 is 2.55 bits per heavy atom. The second kappa shape index (κ2) is 7.54. The molecular weight excluding hydrogens is 292 g/mol. The maximum absolute atomic E-state index is 12.3. The van der Waals surface area contributed by atoms with Crippen LogP contribution >= 0.6 is 11.3 Å². The molecule has 0 fully saturated rings.